The Labute approximate surface area is 96.7 Å². The molecule has 15 heavy (non-hydrogen) atoms. The summed E-state index contributed by atoms with van der Waals surface area (Å²) >= 11 is 2.02. The summed E-state index contributed by atoms with van der Waals surface area (Å²) in [5.41, 5.74) is 1.43. The highest BCUT2D eigenvalue weighted by atomic mass is 32.2. The summed E-state index contributed by atoms with van der Waals surface area (Å²) in [5, 5.41) is 3.51. The minimum absolute atomic E-state index is 1.00. The maximum atomic E-state index is 3.51. The maximum Gasteiger partial charge on any atom is 0.0185 e. The number of rotatable bonds is 7. The minimum Gasteiger partial charge on any atom is -0.316 e. The predicted octanol–water partition coefficient (Wildman–Crippen LogP) is 2.92. The summed E-state index contributed by atoms with van der Waals surface area (Å²) in [7, 11) is 0. The van der Waals surface area contributed by atoms with Crippen LogP contribution in [0.25, 0.3) is 0 Å². The van der Waals surface area contributed by atoms with Gasteiger partial charge in [-0.05, 0) is 30.9 Å². The van der Waals surface area contributed by atoms with E-state index >= 15 is 0 Å². The summed E-state index contributed by atoms with van der Waals surface area (Å²) < 4.78 is 0. The van der Waals surface area contributed by atoms with Gasteiger partial charge in [-0.2, -0.15) is 11.8 Å². The third kappa shape index (κ3) is 4.72. The van der Waals surface area contributed by atoms with E-state index in [0.717, 1.165) is 18.2 Å². The van der Waals surface area contributed by atoms with Crippen LogP contribution in [0.3, 0.4) is 0 Å². The number of hydrogen-bond donors (Lipinski definition) is 1. The normalized spacial score (nSPS) is 15.5. The van der Waals surface area contributed by atoms with Crippen LogP contribution in [-0.4, -0.2) is 18.8 Å². The molecule has 1 aliphatic carbocycles. The van der Waals surface area contributed by atoms with Crippen molar-refractivity contribution >= 4 is 11.8 Å². The molecular weight excluding hydrogens is 202 g/mol. The van der Waals surface area contributed by atoms with Crippen molar-refractivity contribution in [1.82, 2.24) is 5.32 Å². The lowest BCUT2D eigenvalue weighted by atomic mass is 10.2. The Kier molecular flexibility index (Phi) is 4.55. The average molecular weight is 221 g/mol. The van der Waals surface area contributed by atoms with Gasteiger partial charge in [-0.1, -0.05) is 30.3 Å². The second-order valence-corrected chi connectivity index (χ2v) is 5.29. The topological polar surface area (TPSA) is 12.0 Å². The van der Waals surface area contributed by atoms with E-state index in [9.17, 15) is 0 Å². The molecule has 1 aromatic carbocycles. The molecular formula is C13H19NS. The smallest absolute Gasteiger partial charge is 0.0185 e. The van der Waals surface area contributed by atoms with Crippen LogP contribution in [0.4, 0.5) is 0 Å². The monoisotopic (exact) mass is 221 g/mol. The van der Waals surface area contributed by atoms with Crippen LogP contribution in [-0.2, 0) is 5.75 Å². The van der Waals surface area contributed by atoms with E-state index in [1.54, 1.807) is 0 Å². The molecule has 0 heterocycles. The molecule has 1 N–H and O–H groups in total. The second-order valence-electron chi connectivity index (χ2n) is 4.19. The summed E-state index contributed by atoms with van der Waals surface area (Å²) in [6, 6.07) is 10.7. The predicted molar refractivity (Wildman–Crippen MR) is 68.2 cm³/mol. The summed E-state index contributed by atoms with van der Waals surface area (Å²) in [5.74, 6) is 3.37. The van der Waals surface area contributed by atoms with Gasteiger partial charge in [0.1, 0.15) is 0 Å². The SMILES string of the molecule is c1ccc(CSCCNCC2CC2)cc1. The molecule has 1 fully saturated rings. The van der Waals surface area contributed by atoms with Crippen LogP contribution in [0.1, 0.15) is 18.4 Å². The van der Waals surface area contributed by atoms with Crippen molar-refractivity contribution in [3.63, 3.8) is 0 Å². The van der Waals surface area contributed by atoms with Gasteiger partial charge < -0.3 is 5.32 Å². The number of thioether (sulfide) groups is 1. The van der Waals surface area contributed by atoms with E-state index in [1.807, 2.05) is 11.8 Å². The van der Waals surface area contributed by atoms with Crippen molar-refractivity contribution in [3.8, 4) is 0 Å². The standard InChI is InChI=1S/C13H19NS/c1-2-4-13(5-3-1)11-15-9-8-14-10-12-6-7-12/h1-5,12,14H,6-11H2. The lowest BCUT2D eigenvalue weighted by Crippen LogP contribution is -2.19. The first-order valence-electron chi connectivity index (χ1n) is 5.77. The van der Waals surface area contributed by atoms with E-state index in [4.69, 9.17) is 0 Å². The molecule has 0 unspecified atom stereocenters. The molecule has 1 aliphatic rings. The number of nitrogens with one attached hydrogen (secondary N) is 1. The summed E-state index contributed by atoms with van der Waals surface area (Å²) in [6.45, 7) is 2.40. The number of benzene rings is 1. The van der Waals surface area contributed by atoms with E-state index in [1.165, 1.54) is 30.7 Å². The van der Waals surface area contributed by atoms with Crippen LogP contribution in [0, 0.1) is 5.92 Å². The molecule has 0 aromatic heterocycles. The van der Waals surface area contributed by atoms with Gasteiger partial charge in [0.05, 0.1) is 0 Å². The van der Waals surface area contributed by atoms with Gasteiger partial charge in [0.25, 0.3) is 0 Å². The van der Waals surface area contributed by atoms with Crippen molar-refractivity contribution in [3.05, 3.63) is 35.9 Å². The van der Waals surface area contributed by atoms with Gasteiger partial charge >= 0.3 is 0 Å². The van der Waals surface area contributed by atoms with Gasteiger partial charge in [0, 0.05) is 18.1 Å². The Bertz CT molecular complexity index is 269. The van der Waals surface area contributed by atoms with Crippen LogP contribution < -0.4 is 5.32 Å². The van der Waals surface area contributed by atoms with Crippen molar-refractivity contribution < 1.29 is 0 Å². The fourth-order valence-corrected chi connectivity index (χ4v) is 2.40. The van der Waals surface area contributed by atoms with Gasteiger partial charge in [-0.3, -0.25) is 0 Å². The highest BCUT2D eigenvalue weighted by Gasteiger charge is 2.19. The first-order valence-corrected chi connectivity index (χ1v) is 6.93. The first kappa shape index (κ1) is 11.0. The molecule has 0 saturated heterocycles. The molecule has 0 spiro atoms. The Hall–Kier alpha value is -0.470. The summed E-state index contributed by atoms with van der Waals surface area (Å²) in [4.78, 5) is 0. The molecule has 1 nitrogen and oxygen atoms in total. The van der Waals surface area contributed by atoms with Crippen molar-refractivity contribution in [2.45, 2.75) is 18.6 Å². The zero-order chi connectivity index (χ0) is 10.3. The Morgan fingerprint density at radius 2 is 2.00 bits per heavy atom. The van der Waals surface area contributed by atoms with Gasteiger partial charge in [0.2, 0.25) is 0 Å². The fourth-order valence-electron chi connectivity index (χ4n) is 1.54. The molecule has 1 aromatic rings. The average Bonchev–Trinajstić information content (AvgIpc) is 3.09. The molecule has 82 valence electrons. The molecule has 1 saturated carbocycles. The van der Waals surface area contributed by atoms with Crippen molar-refractivity contribution in [1.29, 1.82) is 0 Å². The first-order chi connectivity index (χ1) is 7.45. The molecule has 2 rings (SSSR count). The van der Waals surface area contributed by atoms with E-state index in [2.05, 4.69) is 35.6 Å². The molecule has 0 bridgehead atoms. The third-order valence-electron chi connectivity index (χ3n) is 2.66. The van der Waals surface area contributed by atoms with E-state index in [0.29, 0.717) is 0 Å². The van der Waals surface area contributed by atoms with E-state index in [-0.39, 0.29) is 0 Å². The third-order valence-corrected chi connectivity index (χ3v) is 3.69. The maximum absolute atomic E-state index is 3.51. The number of hydrogen-bond acceptors (Lipinski definition) is 2. The molecule has 0 atom stereocenters. The van der Waals surface area contributed by atoms with Gasteiger partial charge in [0.15, 0.2) is 0 Å². The molecule has 0 aliphatic heterocycles. The van der Waals surface area contributed by atoms with Gasteiger partial charge in [-0.25, -0.2) is 0 Å². The zero-order valence-corrected chi connectivity index (χ0v) is 9.93. The van der Waals surface area contributed by atoms with Crippen LogP contribution in [0.2, 0.25) is 0 Å². The second kappa shape index (κ2) is 6.19. The van der Waals surface area contributed by atoms with Crippen molar-refractivity contribution in [2.75, 3.05) is 18.8 Å². The van der Waals surface area contributed by atoms with Crippen LogP contribution in [0.5, 0.6) is 0 Å². The molecule has 2 heteroatoms. The van der Waals surface area contributed by atoms with Crippen molar-refractivity contribution in [2.24, 2.45) is 5.92 Å². The quantitative estimate of drug-likeness (QED) is 0.711. The van der Waals surface area contributed by atoms with Crippen LogP contribution >= 0.6 is 11.8 Å². The lowest BCUT2D eigenvalue weighted by molar-refractivity contribution is 0.666. The lowest BCUT2D eigenvalue weighted by Gasteiger charge is -2.03. The Morgan fingerprint density at radius 3 is 2.73 bits per heavy atom. The molecule has 0 radical (unpaired) electrons. The summed E-state index contributed by atoms with van der Waals surface area (Å²) in [6.07, 6.45) is 2.90. The van der Waals surface area contributed by atoms with E-state index < -0.39 is 0 Å². The Morgan fingerprint density at radius 1 is 1.20 bits per heavy atom. The highest BCUT2D eigenvalue weighted by molar-refractivity contribution is 7.98. The highest BCUT2D eigenvalue weighted by Crippen LogP contribution is 2.27. The van der Waals surface area contributed by atoms with Gasteiger partial charge in [-0.15, -0.1) is 0 Å². The molecule has 0 amide bonds. The minimum atomic E-state index is 1.00. The van der Waals surface area contributed by atoms with Crippen LogP contribution in [0.15, 0.2) is 30.3 Å². The Balaban J connectivity index is 1.47. The largest absolute Gasteiger partial charge is 0.316 e. The fraction of sp³-hybridized carbons (Fsp3) is 0.538. The zero-order valence-electron chi connectivity index (χ0n) is 9.11.